The first-order valence-electron chi connectivity index (χ1n) is 9.41. The molecular weight excluding hydrogens is 382 g/mol. The fourth-order valence-electron chi connectivity index (χ4n) is 2.88. The summed E-state index contributed by atoms with van der Waals surface area (Å²) < 4.78 is 0. The molecule has 0 bridgehead atoms. The lowest BCUT2D eigenvalue weighted by molar-refractivity contribution is -0.384. The Bertz CT molecular complexity index is 1080. The van der Waals surface area contributed by atoms with Gasteiger partial charge in [0, 0.05) is 23.4 Å². The fourth-order valence-corrected chi connectivity index (χ4v) is 2.88. The fraction of sp³-hybridized carbons (Fsp3) is 0.130. The van der Waals surface area contributed by atoms with E-state index in [1.165, 1.54) is 18.2 Å². The van der Waals surface area contributed by atoms with E-state index in [0.717, 1.165) is 5.56 Å². The first-order valence-corrected chi connectivity index (χ1v) is 9.41. The van der Waals surface area contributed by atoms with E-state index in [9.17, 15) is 19.7 Å². The van der Waals surface area contributed by atoms with E-state index in [1.54, 1.807) is 42.5 Å². The zero-order chi connectivity index (χ0) is 21.7. The van der Waals surface area contributed by atoms with E-state index in [0.29, 0.717) is 17.2 Å². The standard InChI is InChI=1S/C23H21N3O4/c1-15(2)16-8-10-18(11-9-16)24-23(28)20-13-12-19(26(29)30)14-21(20)25-22(27)17-6-4-3-5-7-17/h3-15H,1-2H3,(H,24,28)(H,25,27). The molecule has 2 amide bonds. The number of rotatable bonds is 6. The number of nitrogens with zero attached hydrogens (tertiary/aromatic N) is 1. The molecule has 3 rings (SSSR count). The number of carbonyl (C=O) groups is 2. The van der Waals surface area contributed by atoms with Gasteiger partial charge in [0.05, 0.1) is 16.2 Å². The summed E-state index contributed by atoms with van der Waals surface area (Å²) in [4.78, 5) is 35.9. The van der Waals surface area contributed by atoms with Crippen LogP contribution in [0.25, 0.3) is 0 Å². The lowest BCUT2D eigenvalue weighted by Gasteiger charge is -2.12. The Morgan fingerprint density at radius 2 is 1.53 bits per heavy atom. The van der Waals surface area contributed by atoms with Gasteiger partial charge >= 0.3 is 0 Å². The van der Waals surface area contributed by atoms with Crippen LogP contribution in [0.15, 0.2) is 72.8 Å². The minimum atomic E-state index is -0.579. The normalized spacial score (nSPS) is 10.5. The molecular formula is C23H21N3O4. The molecule has 0 atom stereocenters. The molecule has 0 unspecified atom stereocenters. The Kier molecular flexibility index (Phi) is 6.22. The van der Waals surface area contributed by atoms with Crippen molar-refractivity contribution in [1.29, 1.82) is 0 Å². The van der Waals surface area contributed by atoms with E-state index >= 15 is 0 Å². The summed E-state index contributed by atoms with van der Waals surface area (Å²) in [5.41, 5.74) is 2.06. The van der Waals surface area contributed by atoms with Crippen molar-refractivity contribution < 1.29 is 14.5 Å². The van der Waals surface area contributed by atoms with Crippen molar-refractivity contribution >= 4 is 28.9 Å². The largest absolute Gasteiger partial charge is 0.322 e. The van der Waals surface area contributed by atoms with Crippen molar-refractivity contribution in [2.24, 2.45) is 0 Å². The Morgan fingerprint density at radius 1 is 0.867 bits per heavy atom. The summed E-state index contributed by atoms with van der Waals surface area (Å²) in [5.74, 6) is -0.582. The number of amides is 2. The van der Waals surface area contributed by atoms with Crippen LogP contribution in [-0.4, -0.2) is 16.7 Å². The van der Waals surface area contributed by atoms with Crippen LogP contribution in [0.3, 0.4) is 0 Å². The highest BCUT2D eigenvalue weighted by molar-refractivity contribution is 6.12. The highest BCUT2D eigenvalue weighted by Crippen LogP contribution is 2.25. The van der Waals surface area contributed by atoms with Crippen molar-refractivity contribution in [1.82, 2.24) is 0 Å². The van der Waals surface area contributed by atoms with Crippen LogP contribution in [0, 0.1) is 10.1 Å². The summed E-state index contributed by atoms with van der Waals surface area (Å²) >= 11 is 0. The van der Waals surface area contributed by atoms with Gasteiger partial charge < -0.3 is 10.6 Å². The van der Waals surface area contributed by atoms with Gasteiger partial charge in [-0.25, -0.2) is 0 Å². The average molecular weight is 403 g/mol. The maximum absolute atomic E-state index is 12.8. The molecule has 152 valence electrons. The summed E-state index contributed by atoms with van der Waals surface area (Å²) in [6.07, 6.45) is 0. The number of carbonyl (C=O) groups excluding carboxylic acids is 2. The van der Waals surface area contributed by atoms with Crippen molar-refractivity contribution in [3.05, 3.63) is 99.6 Å². The van der Waals surface area contributed by atoms with E-state index in [1.807, 2.05) is 12.1 Å². The second-order valence-electron chi connectivity index (χ2n) is 7.04. The molecule has 7 nitrogen and oxygen atoms in total. The lowest BCUT2D eigenvalue weighted by Crippen LogP contribution is -2.18. The van der Waals surface area contributed by atoms with Crippen LogP contribution in [0.5, 0.6) is 0 Å². The number of non-ortho nitro benzene ring substituents is 1. The van der Waals surface area contributed by atoms with Crippen LogP contribution in [0.2, 0.25) is 0 Å². The Morgan fingerprint density at radius 3 is 2.13 bits per heavy atom. The topological polar surface area (TPSA) is 101 Å². The summed E-state index contributed by atoms with van der Waals surface area (Å²) in [5, 5.41) is 16.5. The van der Waals surface area contributed by atoms with Gasteiger partial charge in [-0.05, 0) is 41.8 Å². The molecule has 0 heterocycles. The van der Waals surface area contributed by atoms with Gasteiger partial charge in [-0.1, -0.05) is 44.2 Å². The van der Waals surface area contributed by atoms with Crippen LogP contribution in [0.1, 0.15) is 46.0 Å². The molecule has 3 aromatic rings. The van der Waals surface area contributed by atoms with Crippen molar-refractivity contribution in [2.75, 3.05) is 10.6 Å². The number of hydrogen-bond donors (Lipinski definition) is 2. The van der Waals surface area contributed by atoms with Crippen molar-refractivity contribution in [3.63, 3.8) is 0 Å². The third-order valence-electron chi connectivity index (χ3n) is 4.58. The van der Waals surface area contributed by atoms with Gasteiger partial charge in [-0.15, -0.1) is 0 Å². The predicted molar refractivity (Wildman–Crippen MR) is 116 cm³/mol. The number of nitro benzene ring substituents is 1. The second-order valence-corrected chi connectivity index (χ2v) is 7.04. The summed E-state index contributed by atoms with van der Waals surface area (Å²) in [6.45, 7) is 4.15. The number of anilines is 2. The first-order chi connectivity index (χ1) is 14.3. The summed E-state index contributed by atoms with van der Waals surface area (Å²) in [7, 11) is 0. The Balaban J connectivity index is 1.88. The molecule has 0 aromatic heterocycles. The highest BCUT2D eigenvalue weighted by atomic mass is 16.6. The molecule has 0 saturated carbocycles. The van der Waals surface area contributed by atoms with Crippen LogP contribution in [-0.2, 0) is 0 Å². The maximum atomic E-state index is 12.8. The second kappa shape index (κ2) is 9.00. The molecule has 2 N–H and O–H groups in total. The SMILES string of the molecule is CC(C)c1ccc(NC(=O)c2ccc([N+](=O)[O-])cc2NC(=O)c2ccccc2)cc1. The van der Waals surface area contributed by atoms with Crippen LogP contribution in [0.4, 0.5) is 17.1 Å². The van der Waals surface area contributed by atoms with Gasteiger partial charge in [-0.3, -0.25) is 19.7 Å². The highest BCUT2D eigenvalue weighted by Gasteiger charge is 2.19. The zero-order valence-electron chi connectivity index (χ0n) is 16.6. The molecule has 0 saturated heterocycles. The van der Waals surface area contributed by atoms with Gasteiger partial charge in [0.2, 0.25) is 0 Å². The summed E-state index contributed by atoms with van der Waals surface area (Å²) in [6, 6.07) is 19.6. The molecule has 0 aliphatic carbocycles. The molecule has 0 spiro atoms. The van der Waals surface area contributed by atoms with E-state index < -0.39 is 16.7 Å². The maximum Gasteiger partial charge on any atom is 0.271 e. The predicted octanol–water partition coefficient (Wildman–Crippen LogP) is 5.22. The van der Waals surface area contributed by atoms with Crippen LogP contribution < -0.4 is 10.6 Å². The molecule has 0 aliphatic heterocycles. The number of hydrogen-bond acceptors (Lipinski definition) is 4. The lowest BCUT2D eigenvalue weighted by atomic mass is 10.0. The minimum absolute atomic E-state index is 0.0642. The van der Waals surface area contributed by atoms with E-state index in [-0.39, 0.29) is 16.9 Å². The van der Waals surface area contributed by atoms with E-state index in [2.05, 4.69) is 24.5 Å². The molecule has 3 aromatic carbocycles. The monoisotopic (exact) mass is 403 g/mol. The third kappa shape index (κ3) is 4.88. The number of nitro groups is 1. The molecule has 7 heteroatoms. The van der Waals surface area contributed by atoms with Gasteiger partial charge in [0.1, 0.15) is 0 Å². The first kappa shape index (κ1) is 20.7. The van der Waals surface area contributed by atoms with Crippen molar-refractivity contribution in [3.8, 4) is 0 Å². The van der Waals surface area contributed by atoms with Gasteiger partial charge in [0.15, 0.2) is 0 Å². The molecule has 30 heavy (non-hydrogen) atoms. The minimum Gasteiger partial charge on any atom is -0.322 e. The van der Waals surface area contributed by atoms with Gasteiger partial charge in [0.25, 0.3) is 17.5 Å². The zero-order valence-corrected chi connectivity index (χ0v) is 16.6. The molecule has 0 fully saturated rings. The molecule has 0 aliphatic rings. The quantitative estimate of drug-likeness (QED) is 0.435. The number of benzene rings is 3. The van der Waals surface area contributed by atoms with Crippen LogP contribution >= 0.6 is 0 Å². The van der Waals surface area contributed by atoms with Crippen molar-refractivity contribution in [2.45, 2.75) is 19.8 Å². The Labute approximate surface area is 173 Å². The van der Waals surface area contributed by atoms with Gasteiger partial charge in [-0.2, -0.15) is 0 Å². The molecule has 0 radical (unpaired) electrons. The van der Waals surface area contributed by atoms with E-state index in [4.69, 9.17) is 0 Å². The smallest absolute Gasteiger partial charge is 0.271 e. The number of nitrogens with one attached hydrogen (secondary N) is 2. The Hall–Kier alpha value is -4.00. The third-order valence-corrected chi connectivity index (χ3v) is 4.58. The average Bonchev–Trinajstić information content (AvgIpc) is 2.74.